The predicted octanol–water partition coefficient (Wildman–Crippen LogP) is 0.998. The fourth-order valence-electron chi connectivity index (χ4n) is 4.20. The first-order chi connectivity index (χ1) is 16.0. The van der Waals surface area contributed by atoms with Gasteiger partial charge >= 0.3 is 7.12 Å². The van der Waals surface area contributed by atoms with E-state index in [-0.39, 0.29) is 18.5 Å². The second-order valence-corrected chi connectivity index (χ2v) is 9.03. The highest BCUT2D eigenvalue weighted by molar-refractivity contribution is 6.40. The zero-order valence-corrected chi connectivity index (χ0v) is 19.6. The van der Waals surface area contributed by atoms with Gasteiger partial charge in [0.1, 0.15) is 6.54 Å². The molecule has 5 N–H and O–H groups in total. The average Bonchev–Trinajstić information content (AvgIpc) is 3.26. The highest BCUT2D eigenvalue weighted by atomic mass is 35.5. The summed E-state index contributed by atoms with van der Waals surface area (Å²) in [5, 5.41) is 34.0. The number of nitrogens with zero attached hydrogens (tertiary/aromatic N) is 5. The van der Waals surface area contributed by atoms with Gasteiger partial charge in [-0.25, -0.2) is 4.68 Å². The molecule has 0 spiro atoms. The Labute approximate surface area is 199 Å². The van der Waals surface area contributed by atoms with Gasteiger partial charge in [-0.15, -0.1) is 5.10 Å². The zero-order valence-electron chi connectivity index (χ0n) is 18.8. The summed E-state index contributed by atoms with van der Waals surface area (Å²) in [5.74, 6) is 1.01. The molecule has 1 atom stereocenters. The highest BCUT2D eigenvalue weighted by Crippen LogP contribution is 2.29. The molecule has 1 aromatic heterocycles. The summed E-state index contributed by atoms with van der Waals surface area (Å²) in [6.45, 7) is 2.90. The molecule has 1 fully saturated rings. The van der Waals surface area contributed by atoms with Crippen LogP contribution in [0.2, 0.25) is 11.3 Å². The average molecular weight is 478 g/mol. The standard InChI is InChI=1S/C21H33BClN7O3/c23-18-6-4-17(5-7-18)14-25-20(31)15-30-21(26-27-28-30)19(3-1-2-10-22(32)33)29-11-8-16(13-24)9-12-29/h4-7,16,19,32-33H,1-3,8-15,24H2,(H,25,31). The van der Waals surface area contributed by atoms with E-state index >= 15 is 0 Å². The molecule has 1 aromatic carbocycles. The van der Waals surface area contributed by atoms with Gasteiger partial charge in [-0.2, -0.15) is 0 Å². The second kappa shape index (κ2) is 13.0. The maximum absolute atomic E-state index is 12.6. The molecule has 3 rings (SSSR count). The number of nitrogens with one attached hydrogen (secondary N) is 1. The fourth-order valence-corrected chi connectivity index (χ4v) is 4.32. The van der Waals surface area contributed by atoms with E-state index in [1.807, 2.05) is 12.1 Å². The summed E-state index contributed by atoms with van der Waals surface area (Å²) in [4.78, 5) is 14.9. The van der Waals surface area contributed by atoms with Crippen LogP contribution in [0.4, 0.5) is 0 Å². The van der Waals surface area contributed by atoms with Crippen LogP contribution in [0.3, 0.4) is 0 Å². The smallest absolute Gasteiger partial charge is 0.427 e. The monoisotopic (exact) mass is 477 g/mol. The Morgan fingerprint density at radius 1 is 1.24 bits per heavy atom. The van der Waals surface area contributed by atoms with E-state index in [4.69, 9.17) is 27.4 Å². The lowest BCUT2D eigenvalue weighted by molar-refractivity contribution is -0.122. The molecule has 1 aliphatic heterocycles. The predicted molar refractivity (Wildman–Crippen MR) is 126 cm³/mol. The van der Waals surface area contributed by atoms with E-state index in [9.17, 15) is 4.79 Å². The molecule has 180 valence electrons. The van der Waals surface area contributed by atoms with E-state index in [0.29, 0.717) is 42.6 Å². The van der Waals surface area contributed by atoms with E-state index < -0.39 is 7.12 Å². The van der Waals surface area contributed by atoms with Crippen molar-refractivity contribution in [2.24, 2.45) is 11.7 Å². The molecule has 1 amide bonds. The maximum atomic E-state index is 12.6. The van der Waals surface area contributed by atoms with Crippen molar-refractivity contribution in [1.82, 2.24) is 30.4 Å². The number of carbonyl (C=O) groups is 1. The maximum Gasteiger partial charge on any atom is 0.451 e. The Morgan fingerprint density at radius 3 is 2.64 bits per heavy atom. The minimum absolute atomic E-state index is 0.0288. The minimum atomic E-state index is -1.29. The molecule has 33 heavy (non-hydrogen) atoms. The van der Waals surface area contributed by atoms with Gasteiger partial charge in [0.05, 0.1) is 6.04 Å². The number of halogens is 1. The largest absolute Gasteiger partial charge is 0.451 e. The number of hydrogen-bond acceptors (Lipinski definition) is 8. The number of likely N-dealkylation sites (tertiary alicyclic amines) is 1. The number of piperidine rings is 1. The molecule has 0 radical (unpaired) electrons. The first kappa shape index (κ1) is 25.6. The van der Waals surface area contributed by atoms with Crippen molar-refractivity contribution in [3.05, 3.63) is 40.7 Å². The van der Waals surface area contributed by atoms with Crippen molar-refractivity contribution in [3.63, 3.8) is 0 Å². The van der Waals surface area contributed by atoms with Crippen LogP contribution >= 0.6 is 11.6 Å². The van der Waals surface area contributed by atoms with E-state index in [2.05, 4.69) is 25.7 Å². The number of hydrogen-bond donors (Lipinski definition) is 4. The van der Waals surface area contributed by atoms with Crippen molar-refractivity contribution in [2.75, 3.05) is 19.6 Å². The first-order valence-electron chi connectivity index (χ1n) is 11.5. The molecule has 2 aromatic rings. The van der Waals surface area contributed by atoms with E-state index in [0.717, 1.165) is 44.3 Å². The van der Waals surface area contributed by atoms with Crippen LogP contribution < -0.4 is 11.1 Å². The van der Waals surface area contributed by atoms with Gasteiger partial charge in [-0.1, -0.05) is 36.6 Å². The molecular formula is C21H33BClN7O3. The lowest BCUT2D eigenvalue weighted by Gasteiger charge is -2.36. The lowest BCUT2D eigenvalue weighted by atomic mass is 9.83. The van der Waals surface area contributed by atoms with Gasteiger partial charge in [0.2, 0.25) is 5.91 Å². The molecule has 1 unspecified atom stereocenters. The van der Waals surface area contributed by atoms with Gasteiger partial charge < -0.3 is 21.1 Å². The molecule has 0 bridgehead atoms. The Balaban J connectivity index is 1.63. The van der Waals surface area contributed by atoms with Gasteiger partial charge in [-0.3, -0.25) is 9.69 Å². The highest BCUT2D eigenvalue weighted by Gasteiger charge is 2.29. The third kappa shape index (κ3) is 8.04. The second-order valence-electron chi connectivity index (χ2n) is 8.59. The molecular weight excluding hydrogens is 445 g/mol. The Bertz CT molecular complexity index is 860. The van der Waals surface area contributed by atoms with E-state index in [1.54, 1.807) is 16.8 Å². The molecule has 12 heteroatoms. The van der Waals surface area contributed by atoms with Crippen LogP contribution in [-0.4, -0.2) is 67.8 Å². The van der Waals surface area contributed by atoms with Crippen molar-refractivity contribution >= 4 is 24.6 Å². The van der Waals surface area contributed by atoms with Gasteiger partial charge in [-0.05, 0) is 79.3 Å². The van der Waals surface area contributed by atoms with Crippen LogP contribution in [0, 0.1) is 5.92 Å². The summed E-state index contributed by atoms with van der Waals surface area (Å²) >= 11 is 5.91. The Hall–Kier alpha value is -2.05. The quantitative estimate of drug-likeness (QED) is 0.262. The zero-order chi connectivity index (χ0) is 23.6. The molecule has 0 saturated carbocycles. The van der Waals surface area contributed by atoms with Crippen LogP contribution in [0.1, 0.15) is 49.5 Å². The van der Waals surface area contributed by atoms with Crippen molar-refractivity contribution in [3.8, 4) is 0 Å². The van der Waals surface area contributed by atoms with Gasteiger partial charge in [0.25, 0.3) is 0 Å². The number of tetrazole rings is 1. The van der Waals surface area contributed by atoms with Gasteiger partial charge in [0.15, 0.2) is 5.82 Å². The van der Waals surface area contributed by atoms with Gasteiger partial charge in [0, 0.05) is 11.6 Å². The topological polar surface area (TPSA) is 142 Å². The summed E-state index contributed by atoms with van der Waals surface area (Å²) in [7, 11) is -1.29. The number of carbonyl (C=O) groups excluding carboxylic acids is 1. The molecule has 10 nitrogen and oxygen atoms in total. The number of rotatable bonds is 12. The Kier molecular flexibility index (Phi) is 10.1. The number of unbranched alkanes of at least 4 members (excludes halogenated alkanes) is 1. The molecule has 1 saturated heterocycles. The van der Waals surface area contributed by atoms with Crippen molar-refractivity contribution in [2.45, 2.75) is 57.6 Å². The number of nitrogens with two attached hydrogens (primary N) is 1. The number of aromatic nitrogens is 4. The lowest BCUT2D eigenvalue weighted by Crippen LogP contribution is -2.40. The normalized spacial score (nSPS) is 16.0. The molecule has 1 aliphatic rings. The Morgan fingerprint density at radius 2 is 1.97 bits per heavy atom. The summed E-state index contributed by atoms with van der Waals surface area (Å²) < 4.78 is 1.57. The summed E-state index contributed by atoms with van der Waals surface area (Å²) in [6.07, 6.45) is 4.63. The number of benzene rings is 1. The van der Waals surface area contributed by atoms with Crippen LogP contribution in [0.5, 0.6) is 0 Å². The van der Waals surface area contributed by atoms with Crippen molar-refractivity contribution < 1.29 is 14.8 Å². The third-order valence-electron chi connectivity index (χ3n) is 6.17. The number of amides is 1. The minimum Gasteiger partial charge on any atom is -0.427 e. The fraction of sp³-hybridized carbons (Fsp3) is 0.619. The summed E-state index contributed by atoms with van der Waals surface area (Å²) in [6, 6.07) is 7.27. The summed E-state index contributed by atoms with van der Waals surface area (Å²) in [5.41, 5.74) is 6.80. The molecule has 0 aliphatic carbocycles. The van der Waals surface area contributed by atoms with Crippen LogP contribution in [-0.2, 0) is 17.9 Å². The van der Waals surface area contributed by atoms with E-state index in [1.165, 1.54) is 0 Å². The first-order valence-corrected chi connectivity index (χ1v) is 11.9. The van der Waals surface area contributed by atoms with Crippen LogP contribution in [0.15, 0.2) is 24.3 Å². The van der Waals surface area contributed by atoms with Crippen molar-refractivity contribution in [1.29, 1.82) is 0 Å². The van der Waals surface area contributed by atoms with Crippen LogP contribution in [0.25, 0.3) is 0 Å². The third-order valence-corrected chi connectivity index (χ3v) is 6.42. The molecule has 2 heterocycles. The SMILES string of the molecule is NCC1CCN(C(CCCCB(O)O)c2nnnn2CC(=O)NCc2ccc(Cl)cc2)CC1.